The van der Waals surface area contributed by atoms with Gasteiger partial charge in [0.2, 0.25) is 0 Å². The van der Waals surface area contributed by atoms with Gasteiger partial charge in [0.05, 0.1) is 0 Å². The summed E-state index contributed by atoms with van der Waals surface area (Å²) in [7, 11) is 0. The smallest absolute Gasteiger partial charge is 0.129 e. The number of aryl methyl sites for hydroxylation is 1. The summed E-state index contributed by atoms with van der Waals surface area (Å²) in [5.74, 6) is 0. The van der Waals surface area contributed by atoms with E-state index in [1.807, 2.05) is 18.3 Å². The van der Waals surface area contributed by atoms with Crippen LogP contribution in [0.1, 0.15) is 42.6 Å². The molecule has 0 aliphatic heterocycles. The molecule has 0 aliphatic rings. The average Bonchev–Trinajstić information content (AvgIpc) is 2.39. The number of pyridine rings is 1. The number of hydrogen-bond donors (Lipinski definition) is 1. The predicted molar refractivity (Wildman–Crippen MR) is 80.4 cm³/mol. The van der Waals surface area contributed by atoms with Crippen molar-refractivity contribution in [2.45, 2.75) is 32.9 Å². The van der Waals surface area contributed by atoms with Gasteiger partial charge in [-0.15, -0.1) is 0 Å². The fourth-order valence-electron chi connectivity index (χ4n) is 2.28. The molecule has 0 saturated heterocycles. The zero-order valence-electron chi connectivity index (χ0n) is 11.5. The summed E-state index contributed by atoms with van der Waals surface area (Å²) in [6.07, 6.45) is 1.82. The Hall–Kier alpha value is -1.38. The van der Waals surface area contributed by atoms with Gasteiger partial charge in [0.15, 0.2) is 0 Å². The van der Waals surface area contributed by atoms with Crippen LogP contribution in [0, 0.1) is 6.92 Å². The lowest BCUT2D eigenvalue weighted by atomic mass is 10.0. The third-order valence-corrected chi connectivity index (χ3v) is 3.63. The Bertz CT molecular complexity index is 537. The van der Waals surface area contributed by atoms with Gasteiger partial charge in [0.1, 0.15) is 5.15 Å². The standard InChI is InChI=1S/C16H19ClN2/c1-11-6-4-5-7-15(11)13(3)19-12(2)14-8-9-16(17)18-10-14/h4-10,12-13,19H,1-3H3. The summed E-state index contributed by atoms with van der Waals surface area (Å²) in [6, 6.07) is 12.8. The van der Waals surface area contributed by atoms with Crippen LogP contribution in [0.25, 0.3) is 0 Å². The number of hydrogen-bond acceptors (Lipinski definition) is 2. The second kappa shape index (κ2) is 6.18. The lowest BCUT2D eigenvalue weighted by Gasteiger charge is -2.22. The first kappa shape index (κ1) is 14.0. The topological polar surface area (TPSA) is 24.9 Å². The van der Waals surface area contributed by atoms with Gasteiger partial charge in [0.25, 0.3) is 0 Å². The molecule has 0 bridgehead atoms. The monoisotopic (exact) mass is 274 g/mol. The highest BCUT2D eigenvalue weighted by Gasteiger charge is 2.12. The normalized spacial score (nSPS) is 14.1. The van der Waals surface area contributed by atoms with E-state index >= 15 is 0 Å². The van der Waals surface area contributed by atoms with Crippen molar-refractivity contribution in [2.75, 3.05) is 0 Å². The Labute approximate surface area is 119 Å². The van der Waals surface area contributed by atoms with Crippen molar-refractivity contribution in [3.63, 3.8) is 0 Å². The molecule has 2 nitrogen and oxygen atoms in total. The SMILES string of the molecule is Cc1ccccc1C(C)NC(C)c1ccc(Cl)nc1. The van der Waals surface area contributed by atoms with E-state index in [0.717, 1.165) is 5.56 Å². The van der Waals surface area contributed by atoms with E-state index in [1.54, 1.807) is 0 Å². The van der Waals surface area contributed by atoms with Crippen molar-refractivity contribution in [1.29, 1.82) is 0 Å². The summed E-state index contributed by atoms with van der Waals surface area (Å²) >= 11 is 5.81. The molecule has 3 heteroatoms. The molecule has 2 rings (SSSR count). The van der Waals surface area contributed by atoms with E-state index in [9.17, 15) is 0 Å². The summed E-state index contributed by atoms with van der Waals surface area (Å²) in [5.41, 5.74) is 3.78. The predicted octanol–water partition coefficient (Wildman–Crippen LogP) is 4.46. The number of rotatable bonds is 4. The number of nitrogens with one attached hydrogen (secondary N) is 1. The van der Waals surface area contributed by atoms with Crippen LogP contribution in [0.5, 0.6) is 0 Å². The van der Waals surface area contributed by atoms with Crippen LogP contribution in [-0.4, -0.2) is 4.98 Å². The summed E-state index contributed by atoms with van der Waals surface area (Å²) in [5, 5.41) is 4.12. The lowest BCUT2D eigenvalue weighted by Crippen LogP contribution is -2.23. The molecule has 1 N–H and O–H groups in total. The maximum absolute atomic E-state index is 5.81. The van der Waals surface area contributed by atoms with Crippen LogP contribution < -0.4 is 5.32 Å². The first-order chi connectivity index (χ1) is 9.08. The Morgan fingerprint density at radius 1 is 1.05 bits per heavy atom. The molecule has 100 valence electrons. The van der Waals surface area contributed by atoms with Crippen LogP contribution in [0.4, 0.5) is 0 Å². The molecule has 0 spiro atoms. The van der Waals surface area contributed by atoms with Gasteiger partial charge in [-0.3, -0.25) is 0 Å². The van der Waals surface area contributed by atoms with E-state index in [4.69, 9.17) is 11.6 Å². The van der Waals surface area contributed by atoms with E-state index in [2.05, 4.69) is 55.3 Å². The fraction of sp³-hybridized carbons (Fsp3) is 0.312. The van der Waals surface area contributed by atoms with Gasteiger partial charge in [-0.2, -0.15) is 0 Å². The van der Waals surface area contributed by atoms with Crippen molar-refractivity contribution in [1.82, 2.24) is 10.3 Å². The number of aromatic nitrogens is 1. The highest BCUT2D eigenvalue weighted by molar-refractivity contribution is 6.29. The van der Waals surface area contributed by atoms with Gasteiger partial charge < -0.3 is 5.32 Å². The molecule has 0 radical (unpaired) electrons. The first-order valence-corrected chi connectivity index (χ1v) is 6.88. The van der Waals surface area contributed by atoms with E-state index in [-0.39, 0.29) is 6.04 Å². The summed E-state index contributed by atoms with van der Waals surface area (Å²) < 4.78 is 0. The minimum absolute atomic E-state index is 0.236. The average molecular weight is 275 g/mol. The molecule has 2 atom stereocenters. The van der Waals surface area contributed by atoms with E-state index in [1.165, 1.54) is 11.1 Å². The quantitative estimate of drug-likeness (QED) is 0.833. The highest BCUT2D eigenvalue weighted by Crippen LogP contribution is 2.21. The van der Waals surface area contributed by atoms with Gasteiger partial charge in [0, 0.05) is 18.3 Å². The largest absolute Gasteiger partial charge is 0.304 e. The van der Waals surface area contributed by atoms with Crippen LogP contribution in [0.15, 0.2) is 42.6 Å². The van der Waals surface area contributed by atoms with Gasteiger partial charge in [-0.25, -0.2) is 4.98 Å². The third kappa shape index (κ3) is 3.55. The van der Waals surface area contributed by atoms with Crippen molar-refractivity contribution in [3.8, 4) is 0 Å². The molecular weight excluding hydrogens is 256 g/mol. The van der Waals surface area contributed by atoms with Gasteiger partial charge in [-0.05, 0) is 43.5 Å². The molecular formula is C16H19ClN2. The Morgan fingerprint density at radius 3 is 2.42 bits per heavy atom. The van der Waals surface area contributed by atoms with Crippen molar-refractivity contribution < 1.29 is 0 Å². The first-order valence-electron chi connectivity index (χ1n) is 6.51. The van der Waals surface area contributed by atoms with Crippen LogP contribution in [-0.2, 0) is 0 Å². The highest BCUT2D eigenvalue weighted by atomic mass is 35.5. The minimum atomic E-state index is 0.236. The number of halogens is 1. The van der Waals surface area contributed by atoms with Crippen molar-refractivity contribution >= 4 is 11.6 Å². The molecule has 1 heterocycles. The summed E-state index contributed by atoms with van der Waals surface area (Å²) in [6.45, 7) is 6.46. The Kier molecular flexibility index (Phi) is 4.56. The molecule has 2 unspecified atom stereocenters. The third-order valence-electron chi connectivity index (χ3n) is 3.41. The van der Waals surface area contributed by atoms with E-state index < -0.39 is 0 Å². The Morgan fingerprint density at radius 2 is 1.79 bits per heavy atom. The van der Waals surface area contributed by atoms with Crippen LogP contribution >= 0.6 is 11.6 Å². The maximum Gasteiger partial charge on any atom is 0.129 e. The van der Waals surface area contributed by atoms with Crippen molar-refractivity contribution in [2.24, 2.45) is 0 Å². The molecule has 1 aromatic carbocycles. The van der Waals surface area contributed by atoms with Crippen LogP contribution in [0.3, 0.4) is 0 Å². The van der Waals surface area contributed by atoms with Gasteiger partial charge >= 0.3 is 0 Å². The molecule has 2 aromatic rings. The molecule has 19 heavy (non-hydrogen) atoms. The summed E-state index contributed by atoms with van der Waals surface area (Å²) in [4.78, 5) is 4.12. The Balaban J connectivity index is 2.08. The fourth-order valence-corrected chi connectivity index (χ4v) is 2.39. The second-order valence-corrected chi connectivity index (χ2v) is 5.27. The molecule has 0 saturated carbocycles. The zero-order chi connectivity index (χ0) is 13.8. The minimum Gasteiger partial charge on any atom is -0.304 e. The number of nitrogens with zero attached hydrogens (tertiary/aromatic N) is 1. The molecule has 0 amide bonds. The van der Waals surface area contributed by atoms with Crippen LogP contribution in [0.2, 0.25) is 5.15 Å². The number of benzene rings is 1. The second-order valence-electron chi connectivity index (χ2n) is 4.88. The molecule has 0 fully saturated rings. The zero-order valence-corrected chi connectivity index (χ0v) is 12.3. The molecule has 1 aromatic heterocycles. The van der Waals surface area contributed by atoms with Crippen molar-refractivity contribution in [3.05, 3.63) is 64.4 Å². The lowest BCUT2D eigenvalue weighted by molar-refractivity contribution is 0.492. The van der Waals surface area contributed by atoms with E-state index in [0.29, 0.717) is 11.2 Å². The maximum atomic E-state index is 5.81. The van der Waals surface area contributed by atoms with Gasteiger partial charge in [-0.1, -0.05) is 41.9 Å². The molecule has 0 aliphatic carbocycles.